The lowest BCUT2D eigenvalue weighted by Crippen LogP contribution is -2.25. The molecule has 3 heteroatoms. The van der Waals surface area contributed by atoms with Crippen LogP contribution in [0.2, 0.25) is 0 Å². The summed E-state index contributed by atoms with van der Waals surface area (Å²) < 4.78 is 0. The molecule has 0 amide bonds. The fourth-order valence-electron chi connectivity index (χ4n) is 4.01. The number of rotatable bonds is 8. The van der Waals surface area contributed by atoms with E-state index in [2.05, 4.69) is 93.4 Å². The van der Waals surface area contributed by atoms with Gasteiger partial charge in [-0.2, -0.15) is 0 Å². The van der Waals surface area contributed by atoms with Crippen LogP contribution in [0.25, 0.3) is 0 Å². The minimum absolute atomic E-state index is 0.0883. The minimum atomic E-state index is -0.0883. The largest absolute Gasteiger partial charge is 0.507 e. The van der Waals surface area contributed by atoms with E-state index in [-0.39, 0.29) is 5.16 Å². The molecule has 0 radical (unpaired) electrons. The summed E-state index contributed by atoms with van der Waals surface area (Å²) in [6.45, 7) is 10.6. The van der Waals surface area contributed by atoms with Gasteiger partial charge in [-0.25, -0.2) is 0 Å². The zero-order chi connectivity index (χ0) is 21.7. The molecule has 1 N–H and O–H groups in total. The van der Waals surface area contributed by atoms with E-state index in [9.17, 15) is 5.11 Å². The maximum atomic E-state index is 10.8. The maximum Gasteiger partial charge on any atom is 0.122 e. The van der Waals surface area contributed by atoms with Crippen LogP contribution in [0.5, 0.6) is 5.75 Å². The Morgan fingerprint density at radius 3 is 2.23 bits per heavy atom. The second-order valence-corrected chi connectivity index (χ2v) is 10.4. The first-order valence-corrected chi connectivity index (χ1v) is 11.7. The topological polar surface area (TPSA) is 23.5 Å². The first-order valence-electron chi connectivity index (χ1n) is 10.7. The van der Waals surface area contributed by atoms with E-state index in [4.69, 9.17) is 0 Å². The predicted octanol–water partition coefficient (Wildman–Crippen LogP) is 6.27. The molecule has 2 nitrogen and oxygen atoms in total. The van der Waals surface area contributed by atoms with Crippen LogP contribution in [0.4, 0.5) is 0 Å². The van der Waals surface area contributed by atoms with Crippen molar-refractivity contribution in [3.05, 3.63) is 94.5 Å². The van der Waals surface area contributed by atoms with Gasteiger partial charge in [0.2, 0.25) is 0 Å². The molecule has 0 heterocycles. The quantitative estimate of drug-likeness (QED) is 0.435. The third kappa shape index (κ3) is 5.12. The van der Waals surface area contributed by atoms with Crippen molar-refractivity contribution in [1.29, 1.82) is 0 Å². The Balaban J connectivity index is 1.89. The van der Waals surface area contributed by atoms with Gasteiger partial charge in [-0.3, -0.25) is 4.90 Å². The molecule has 0 spiro atoms. The third-order valence-electron chi connectivity index (χ3n) is 6.03. The average Bonchev–Trinajstić information content (AvgIpc) is 2.73. The summed E-state index contributed by atoms with van der Waals surface area (Å²) in [6.07, 6.45) is 0.982. The lowest BCUT2D eigenvalue weighted by Gasteiger charge is -2.32. The Bertz CT molecular complexity index is 985. The van der Waals surface area contributed by atoms with E-state index in [1.54, 1.807) is 0 Å². The zero-order valence-corrected chi connectivity index (χ0v) is 19.9. The molecule has 0 bridgehead atoms. The van der Waals surface area contributed by atoms with Gasteiger partial charge in [0.25, 0.3) is 0 Å². The second-order valence-electron chi connectivity index (χ2n) is 8.55. The summed E-state index contributed by atoms with van der Waals surface area (Å²) in [5.74, 6) is 0.450. The number of phenols is 1. The Labute approximate surface area is 183 Å². The molecular weight excluding hydrogens is 385 g/mol. The van der Waals surface area contributed by atoms with Crippen LogP contribution in [-0.2, 0) is 18.2 Å². The Morgan fingerprint density at radius 2 is 1.53 bits per heavy atom. The summed E-state index contributed by atoms with van der Waals surface area (Å²) >= 11 is 0. The Kier molecular flexibility index (Phi) is 7.34. The number of phenolic OH excluding ortho intramolecular Hbond substituents is 1. The maximum absolute atomic E-state index is 10.8. The summed E-state index contributed by atoms with van der Waals surface area (Å²) in [5, 5.41) is 12.1. The van der Waals surface area contributed by atoms with Crippen LogP contribution in [0.1, 0.15) is 48.1 Å². The second kappa shape index (κ2) is 9.77. The first-order chi connectivity index (χ1) is 14.3. The average molecular weight is 420 g/mol. The van der Waals surface area contributed by atoms with Gasteiger partial charge in [-0.1, -0.05) is 89.2 Å². The summed E-state index contributed by atoms with van der Waals surface area (Å²) in [7, 11) is 2.79. The highest BCUT2D eigenvalue weighted by molar-refractivity contribution is 7.48. The number of aryl methyl sites for hydroxylation is 2. The van der Waals surface area contributed by atoms with Crippen LogP contribution in [0.15, 0.2) is 66.7 Å². The van der Waals surface area contributed by atoms with Crippen molar-refractivity contribution in [3.8, 4) is 5.75 Å². The molecule has 2 atom stereocenters. The number of hydrogen-bond acceptors (Lipinski definition) is 2. The Morgan fingerprint density at radius 1 is 0.867 bits per heavy atom. The highest BCUT2D eigenvalue weighted by atomic mass is 31.1. The molecule has 2 unspecified atom stereocenters. The Hall–Kier alpha value is -2.15. The molecule has 3 aromatic carbocycles. The fourth-order valence-corrected chi connectivity index (χ4v) is 5.68. The van der Waals surface area contributed by atoms with Crippen molar-refractivity contribution in [2.24, 2.45) is 0 Å². The molecule has 3 aromatic rings. The van der Waals surface area contributed by atoms with E-state index in [1.165, 1.54) is 22.0 Å². The van der Waals surface area contributed by atoms with Crippen LogP contribution < -0.4 is 5.30 Å². The number of hydrogen-bond donors (Lipinski definition) is 1. The lowest BCUT2D eigenvalue weighted by molar-refractivity contribution is 0.320. The van der Waals surface area contributed by atoms with Gasteiger partial charge in [0, 0.05) is 23.8 Å². The standard InChI is InChI=1S/C27H34NOP/c1-6-27(4,24-17-11-12-20(2)25(24)29)30-26-21(3)13-10-16-23(26)19-28(5)18-22-14-8-7-9-15-22/h7-17,29-30H,6,18-19H2,1-5H3. The summed E-state index contributed by atoms with van der Waals surface area (Å²) in [4.78, 5) is 2.38. The van der Waals surface area contributed by atoms with Crippen molar-refractivity contribution in [2.75, 3.05) is 7.05 Å². The van der Waals surface area contributed by atoms with Crippen molar-refractivity contribution in [3.63, 3.8) is 0 Å². The molecular formula is C27H34NOP. The van der Waals surface area contributed by atoms with Crippen LogP contribution in [0, 0.1) is 13.8 Å². The first kappa shape index (κ1) is 22.5. The van der Waals surface area contributed by atoms with Crippen LogP contribution >= 0.6 is 8.58 Å². The third-order valence-corrected chi connectivity index (χ3v) is 8.17. The lowest BCUT2D eigenvalue weighted by atomic mass is 9.94. The van der Waals surface area contributed by atoms with E-state index < -0.39 is 0 Å². The molecule has 158 valence electrons. The molecule has 0 saturated heterocycles. The van der Waals surface area contributed by atoms with Gasteiger partial charge in [-0.05, 0) is 54.9 Å². The van der Waals surface area contributed by atoms with Gasteiger partial charge in [0.15, 0.2) is 0 Å². The normalized spacial score (nSPS) is 13.8. The molecule has 0 aliphatic rings. The van der Waals surface area contributed by atoms with Gasteiger partial charge in [-0.15, -0.1) is 0 Å². The predicted molar refractivity (Wildman–Crippen MR) is 131 cm³/mol. The van der Waals surface area contributed by atoms with E-state index in [0.29, 0.717) is 14.3 Å². The summed E-state index contributed by atoms with van der Waals surface area (Å²) in [6, 6.07) is 23.4. The molecule has 3 rings (SSSR count). The van der Waals surface area contributed by atoms with Crippen LogP contribution in [0.3, 0.4) is 0 Å². The highest BCUT2D eigenvalue weighted by Crippen LogP contribution is 2.48. The molecule has 0 fully saturated rings. The van der Waals surface area contributed by atoms with Crippen molar-refractivity contribution < 1.29 is 5.11 Å². The summed E-state index contributed by atoms with van der Waals surface area (Å²) in [5.41, 5.74) is 6.07. The van der Waals surface area contributed by atoms with Crippen molar-refractivity contribution in [2.45, 2.75) is 52.4 Å². The zero-order valence-electron chi connectivity index (χ0n) is 18.9. The SMILES string of the molecule is CCC(C)(Pc1c(C)cccc1CN(C)Cc1ccccc1)c1cccc(C)c1O. The van der Waals surface area contributed by atoms with Crippen LogP contribution in [-0.4, -0.2) is 17.1 Å². The molecule has 0 aliphatic carbocycles. The van der Waals surface area contributed by atoms with Gasteiger partial charge < -0.3 is 5.11 Å². The number of para-hydroxylation sites is 1. The minimum Gasteiger partial charge on any atom is -0.507 e. The monoisotopic (exact) mass is 419 g/mol. The van der Waals surface area contributed by atoms with E-state index in [0.717, 1.165) is 30.6 Å². The highest BCUT2D eigenvalue weighted by Gasteiger charge is 2.30. The smallest absolute Gasteiger partial charge is 0.122 e. The fraction of sp³-hybridized carbons (Fsp3) is 0.333. The van der Waals surface area contributed by atoms with Crippen molar-refractivity contribution in [1.82, 2.24) is 4.90 Å². The molecule has 0 saturated carbocycles. The van der Waals surface area contributed by atoms with Gasteiger partial charge in [0.05, 0.1) is 0 Å². The number of aromatic hydroxyl groups is 1. The molecule has 30 heavy (non-hydrogen) atoms. The number of nitrogens with zero attached hydrogens (tertiary/aromatic N) is 1. The van der Waals surface area contributed by atoms with Gasteiger partial charge >= 0.3 is 0 Å². The van der Waals surface area contributed by atoms with Gasteiger partial charge in [0.1, 0.15) is 5.75 Å². The number of benzene rings is 3. The van der Waals surface area contributed by atoms with E-state index >= 15 is 0 Å². The van der Waals surface area contributed by atoms with E-state index in [1.807, 2.05) is 13.0 Å². The molecule has 0 aliphatic heterocycles. The molecule has 0 aromatic heterocycles. The van der Waals surface area contributed by atoms with Crippen molar-refractivity contribution >= 4 is 13.9 Å².